The fraction of sp³-hybridized carbons (Fsp3) is 0.583. The van der Waals surface area contributed by atoms with E-state index in [-0.39, 0.29) is 18.6 Å². The van der Waals surface area contributed by atoms with E-state index in [0.29, 0.717) is 19.3 Å². The van der Waals surface area contributed by atoms with Gasteiger partial charge in [0.05, 0.1) is 18.8 Å². The molecule has 7 nitrogen and oxygen atoms in total. The fourth-order valence-electron chi connectivity index (χ4n) is 2.36. The van der Waals surface area contributed by atoms with E-state index in [2.05, 4.69) is 11.1 Å². The van der Waals surface area contributed by atoms with Gasteiger partial charge in [-0.15, -0.1) is 0 Å². The van der Waals surface area contributed by atoms with Gasteiger partial charge in [-0.2, -0.15) is 5.26 Å². The number of rotatable bonds is 4. The molecule has 1 aliphatic rings. The quantitative estimate of drug-likeness (QED) is 0.779. The lowest BCUT2D eigenvalue weighted by molar-refractivity contribution is -0.0330. The molecule has 0 spiro atoms. The third kappa shape index (κ3) is 2.92. The van der Waals surface area contributed by atoms with Crippen molar-refractivity contribution in [1.29, 1.82) is 5.26 Å². The summed E-state index contributed by atoms with van der Waals surface area (Å²) in [5.41, 5.74) is -0.992. The van der Waals surface area contributed by atoms with Gasteiger partial charge in [0, 0.05) is 18.7 Å². The second kappa shape index (κ2) is 5.82. The lowest BCUT2D eigenvalue weighted by Crippen LogP contribution is -2.31. The van der Waals surface area contributed by atoms with Gasteiger partial charge < -0.3 is 9.84 Å². The maximum atomic E-state index is 11.7. The summed E-state index contributed by atoms with van der Waals surface area (Å²) in [7, 11) is 0. The van der Waals surface area contributed by atoms with Gasteiger partial charge in [-0.25, -0.2) is 4.79 Å². The molecule has 3 atom stereocenters. The van der Waals surface area contributed by atoms with E-state index in [4.69, 9.17) is 10.00 Å². The van der Waals surface area contributed by atoms with Crippen molar-refractivity contribution >= 4 is 0 Å². The Labute approximate surface area is 109 Å². The molecule has 19 heavy (non-hydrogen) atoms. The first-order valence-corrected chi connectivity index (χ1v) is 6.10. The standard InChI is InChI=1S/C12H15N3O4/c13-4-1-2-8-6-11(19-9(8)7-16)15-5-3-10(17)14-12(15)18/h3,5,8-9,11,16H,1-2,6-7H2,(H,14,17,18)/t8-,9+,11+/m0/s1. The molecule has 0 amide bonds. The summed E-state index contributed by atoms with van der Waals surface area (Å²) >= 11 is 0. The molecule has 0 unspecified atom stereocenters. The summed E-state index contributed by atoms with van der Waals surface area (Å²) in [6, 6.07) is 3.31. The van der Waals surface area contributed by atoms with Crippen LogP contribution in [0.3, 0.4) is 0 Å². The monoisotopic (exact) mass is 265 g/mol. The largest absolute Gasteiger partial charge is 0.394 e. The van der Waals surface area contributed by atoms with Crippen LogP contribution in [0.25, 0.3) is 0 Å². The van der Waals surface area contributed by atoms with Crippen molar-refractivity contribution in [3.05, 3.63) is 33.1 Å². The molecule has 2 rings (SSSR count). The van der Waals surface area contributed by atoms with E-state index in [1.165, 1.54) is 16.8 Å². The highest BCUT2D eigenvalue weighted by atomic mass is 16.5. The van der Waals surface area contributed by atoms with Crippen LogP contribution in [0.4, 0.5) is 0 Å². The van der Waals surface area contributed by atoms with Crippen LogP contribution in [-0.4, -0.2) is 27.4 Å². The van der Waals surface area contributed by atoms with E-state index >= 15 is 0 Å². The predicted molar refractivity (Wildman–Crippen MR) is 65.3 cm³/mol. The smallest absolute Gasteiger partial charge is 0.330 e. The van der Waals surface area contributed by atoms with Crippen LogP contribution in [-0.2, 0) is 4.74 Å². The van der Waals surface area contributed by atoms with Crippen molar-refractivity contribution in [2.45, 2.75) is 31.6 Å². The molecule has 0 bridgehead atoms. The van der Waals surface area contributed by atoms with E-state index in [0.717, 1.165) is 0 Å². The van der Waals surface area contributed by atoms with Crippen LogP contribution >= 0.6 is 0 Å². The molecule has 7 heteroatoms. The number of nitrogens with one attached hydrogen (secondary N) is 1. The number of nitrogens with zero attached hydrogens (tertiary/aromatic N) is 2. The van der Waals surface area contributed by atoms with Crippen molar-refractivity contribution in [2.75, 3.05) is 6.61 Å². The van der Waals surface area contributed by atoms with Gasteiger partial charge in [-0.1, -0.05) is 0 Å². The number of aliphatic hydroxyl groups is 1. The lowest BCUT2D eigenvalue weighted by atomic mass is 9.96. The van der Waals surface area contributed by atoms with Gasteiger partial charge in [0.2, 0.25) is 0 Å². The first-order valence-electron chi connectivity index (χ1n) is 6.10. The average molecular weight is 265 g/mol. The van der Waals surface area contributed by atoms with E-state index in [1.54, 1.807) is 0 Å². The summed E-state index contributed by atoms with van der Waals surface area (Å²) in [4.78, 5) is 24.8. The molecule has 1 aliphatic heterocycles. The topological polar surface area (TPSA) is 108 Å². The zero-order chi connectivity index (χ0) is 13.8. The summed E-state index contributed by atoms with van der Waals surface area (Å²) in [6.45, 7) is -0.148. The zero-order valence-corrected chi connectivity index (χ0v) is 10.3. The number of aromatic nitrogens is 2. The normalized spacial score (nSPS) is 26.2. The van der Waals surface area contributed by atoms with Crippen molar-refractivity contribution < 1.29 is 9.84 Å². The number of ether oxygens (including phenoxy) is 1. The number of hydrogen-bond acceptors (Lipinski definition) is 5. The lowest BCUT2D eigenvalue weighted by Gasteiger charge is -2.14. The van der Waals surface area contributed by atoms with Crippen LogP contribution in [0.15, 0.2) is 21.9 Å². The Bertz CT molecular complexity index is 586. The predicted octanol–water partition coefficient (Wildman–Crippen LogP) is -0.264. The molecule has 1 saturated heterocycles. The van der Waals surface area contributed by atoms with Crippen LogP contribution in [0, 0.1) is 17.2 Å². The molecular formula is C12H15N3O4. The Kier molecular flexibility index (Phi) is 4.14. The van der Waals surface area contributed by atoms with Crippen molar-refractivity contribution in [3.63, 3.8) is 0 Å². The van der Waals surface area contributed by atoms with Gasteiger partial charge in [-0.3, -0.25) is 14.3 Å². The van der Waals surface area contributed by atoms with Crippen LogP contribution in [0.2, 0.25) is 0 Å². The summed E-state index contributed by atoms with van der Waals surface area (Å²) in [5, 5.41) is 17.9. The average Bonchev–Trinajstić information content (AvgIpc) is 2.79. The van der Waals surface area contributed by atoms with Crippen LogP contribution < -0.4 is 11.2 Å². The Morgan fingerprint density at radius 1 is 1.58 bits per heavy atom. The Morgan fingerprint density at radius 3 is 3.00 bits per heavy atom. The Balaban J connectivity index is 2.17. The Morgan fingerprint density at radius 2 is 2.37 bits per heavy atom. The van der Waals surface area contributed by atoms with Crippen molar-refractivity contribution in [2.24, 2.45) is 5.92 Å². The van der Waals surface area contributed by atoms with Crippen molar-refractivity contribution in [1.82, 2.24) is 9.55 Å². The highest BCUT2D eigenvalue weighted by Gasteiger charge is 2.35. The second-order valence-electron chi connectivity index (χ2n) is 4.52. The van der Waals surface area contributed by atoms with Gasteiger partial charge >= 0.3 is 5.69 Å². The third-order valence-corrected chi connectivity index (χ3v) is 3.33. The highest BCUT2D eigenvalue weighted by Crippen LogP contribution is 2.34. The maximum absolute atomic E-state index is 11.7. The molecule has 102 valence electrons. The minimum atomic E-state index is -0.532. The van der Waals surface area contributed by atoms with Gasteiger partial charge in [-0.05, 0) is 18.8 Å². The molecule has 0 aliphatic carbocycles. The number of aromatic amines is 1. The molecular weight excluding hydrogens is 250 g/mol. The molecule has 1 fully saturated rings. The zero-order valence-electron chi connectivity index (χ0n) is 10.3. The molecule has 1 aromatic heterocycles. The first kappa shape index (κ1) is 13.5. The molecule has 0 saturated carbocycles. The molecule has 2 N–H and O–H groups in total. The molecule has 1 aromatic rings. The van der Waals surface area contributed by atoms with Crippen LogP contribution in [0.1, 0.15) is 25.5 Å². The van der Waals surface area contributed by atoms with E-state index in [9.17, 15) is 14.7 Å². The second-order valence-corrected chi connectivity index (χ2v) is 4.52. The first-order chi connectivity index (χ1) is 9.15. The maximum Gasteiger partial charge on any atom is 0.330 e. The molecule has 2 heterocycles. The van der Waals surface area contributed by atoms with Crippen molar-refractivity contribution in [3.8, 4) is 6.07 Å². The third-order valence-electron chi connectivity index (χ3n) is 3.33. The van der Waals surface area contributed by atoms with Crippen LogP contribution in [0.5, 0.6) is 0 Å². The number of nitriles is 1. The number of H-pyrrole nitrogens is 1. The SMILES string of the molecule is N#CCC[C@H]1C[C@H](n2ccc(=O)[nH]c2=O)O[C@@H]1CO. The summed E-state index contributed by atoms with van der Waals surface area (Å²) < 4.78 is 6.91. The number of hydrogen-bond donors (Lipinski definition) is 2. The number of aliphatic hydroxyl groups excluding tert-OH is 1. The van der Waals surface area contributed by atoms with Gasteiger partial charge in [0.25, 0.3) is 5.56 Å². The minimum absolute atomic E-state index is 0.0356. The van der Waals surface area contributed by atoms with E-state index < -0.39 is 17.5 Å². The van der Waals surface area contributed by atoms with Gasteiger partial charge in [0.15, 0.2) is 0 Å². The Hall–Kier alpha value is -1.91. The highest BCUT2D eigenvalue weighted by molar-refractivity contribution is 4.89. The summed E-state index contributed by atoms with van der Waals surface area (Å²) in [5.74, 6) is 0.0356. The van der Waals surface area contributed by atoms with Gasteiger partial charge in [0.1, 0.15) is 6.23 Å². The summed E-state index contributed by atoms with van der Waals surface area (Å²) in [6.07, 6.45) is 2.04. The molecule has 0 aromatic carbocycles. The minimum Gasteiger partial charge on any atom is -0.394 e. The fourth-order valence-corrected chi connectivity index (χ4v) is 2.36. The molecule has 0 radical (unpaired) electrons. The van der Waals surface area contributed by atoms with E-state index in [1.807, 2.05) is 0 Å².